The fourth-order valence-corrected chi connectivity index (χ4v) is 2.11. The van der Waals surface area contributed by atoms with E-state index in [9.17, 15) is 0 Å². The molecule has 1 unspecified atom stereocenters. The molecule has 2 rings (SSSR count). The first-order valence-electron chi connectivity index (χ1n) is 6.62. The van der Waals surface area contributed by atoms with E-state index in [1.165, 1.54) is 5.56 Å². The van der Waals surface area contributed by atoms with Gasteiger partial charge in [-0.25, -0.2) is 4.98 Å². The summed E-state index contributed by atoms with van der Waals surface area (Å²) in [6, 6.07) is 6.39. The van der Waals surface area contributed by atoms with Crippen molar-refractivity contribution < 1.29 is 0 Å². The Bertz CT molecular complexity index is 477. The maximum Gasteiger partial charge on any atom is 0.0931 e. The molecule has 1 atom stereocenters. The van der Waals surface area contributed by atoms with Crippen molar-refractivity contribution in [1.82, 2.24) is 15.3 Å². The third-order valence-corrected chi connectivity index (χ3v) is 3.23. The second-order valence-corrected chi connectivity index (χ2v) is 4.89. The van der Waals surface area contributed by atoms with E-state index < -0.39 is 0 Å². The van der Waals surface area contributed by atoms with E-state index in [2.05, 4.69) is 40.4 Å². The highest BCUT2D eigenvalue weighted by atomic mass is 14.9. The summed E-state index contributed by atoms with van der Waals surface area (Å²) in [5.74, 6) is 0.657. The zero-order valence-corrected chi connectivity index (χ0v) is 10.9. The molecule has 4 N–H and O–H groups in total. The molecule has 0 radical (unpaired) electrons. The third kappa shape index (κ3) is 3.55. The first-order chi connectivity index (χ1) is 8.79. The fraction of sp³-hybridized carbons (Fsp3) is 0.500. The minimum atomic E-state index is 0.657. The quantitative estimate of drug-likeness (QED) is 0.651. The summed E-state index contributed by atoms with van der Waals surface area (Å²) in [7, 11) is 0. The van der Waals surface area contributed by atoms with Crippen molar-refractivity contribution in [2.45, 2.75) is 19.8 Å². The summed E-state index contributed by atoms with van der Waals surface area (Å²) >= 11 is 0. The van der Waals surface area contributed by atoms with Crippen molar-refractivity contribution in [3.05, 3.63) is 30.1 Å². The summed E-state index contributed by atoms with van der Waals surface area (Å²) in [4.78, 5) is 7.36. The molecule has 0 aliphatic carbocycles. The van der Waals surface area contributed by atoms with Gasteiger partial charge in [0, 0.05) is 0 Å². The first kappa shape index (κ1) is 13.1. The number of hydrogen-bond donors (Lipinski definition) is 3. The molecule has 4 nitrogen and oxygen atoms in total. The minimum absolute atomic E-state index is 0.657. The number of benzene rings is 1. The highest BCUT2D eigenvalue weighted by Gasteiger charge is 2.01. The lowest BCUT2D eigenvalue weighted by molar-refractivity contribution is 0.489. The standard InChI is InChI=1S/C14H22N4/c1-11(4-6-15)9-16-7-5-12-2-3-13-14(8-12)18-10-17-13/h2-3,8,10-11,16H,4-7,9,15H2,1H3,(H,17,18). The maximum atomic E-state index is 5.53. The first-order valence-corrected chi connectivity index (χ1v) is 6.62. The lowest BCUT2D eigenvalue weighted by Gasteiger charge is -2.11. The van der Waals surface area contributed by atoms with Crippen LogP contribution in [0.3, 0.4) is 0 Å². The van der Waals surface area contributed by atoms with Crippen LogP contribution in [-0.2, 0) is 6.42 Å². The van der Waals surface area contributed by atoms with Crippen molar-refractivity contribution in [2.24, 2.45) is 11.7 Å². The molecule has 0 bridgehead atoms. The number of aromatic amines is 1. The molecular weight excluding hydrogens is 224 g/mol. The van der Waals surface area contributed by atoms with Crippen LogP contribution in [0.1, 0.15) is 18.9 Å². The molecule has 0 aliphatic rings. The van der Waals surface area contributed by atoms with E-state index in [4.69, 9.17) is 5.73 Å². The van der Waals surface area contributed by atoms with E-state index in [1.54, 1.807) is 6.33 Å². The molecular formula is C14H22N4. The molecule has 98 valence electrons. The maximum absolute atomic E-state index is 5.53. The van der Waals surface area contributed by atoms with Crippen LogP contribution in [0.2, 0.25) is 0 Å². The van der Waals surface area contributed by atoms with Gasteiger partial charge < -0.3 is 16.0 Å². The van der Waals surface area contributed by atoms with Crippen molar-refractivity contribution in [3.63, 3.8) is 0 Å². The number of fused-ring (bicyclic) bond motifs is 1. The largest absolute Gasteiger partial charge is 0.345 e. The number of H-pyrrole nitrogens is 1. The van der Waals surface area contributed by atoms with Crippen LogP contribution in [0.25, 0.3) is 11.0 Å². The molecule has 0 spiro atoms. The predicted molar refractivity (Wildman–Crippen MR) is 75.5 cm³/mol. The molecule has 1 aromatic heterocycles. The van der Waals surface area contributed by atoms with Gasteiger partial charge >= 0.3 is 0 Å². The van der Waals surface area contributed by atoms with Crippen molar-refractivity contribution in [1.29, 1.82) is 0 Å². The van der Waals surface area contributed by atoms with Gasteiger partial charge in [0.25, 0.3) is 0 Å². The molecule has 2 aromatic rings. The summed E-state index contributed by atoms with van der Waals surface area (Å²) < 4.78 is 0. The number of aromatic nitrogens is 2. The number of nitrogens with zero attached hydrogens (tertiary/aromatic N) is 1. The van der Waals surface area contributed by atoms with Crippen molar-refractivity contribution in [2.75, 3.05) is 19.6 Å². The number of nitrogens with two attached hydrogens (primary N) is 1. The van der Waals surface area contributed by atoms with Gasteiger partial charge in [-0.1, -0.05) is 13.0 Å². The third-order valence-electron chi connectivity index (χ3n) is 3.23. The Balaban J connectivity index is 1.76. The van der Waals surface area contributed by atoms with E-state index >= 15 is 0 Å². The van der Waals surface area contributed by atoms with Crippen molar-refractivity contribution in [3.8, 4) is 0 Å². The predicted octanol–water partition coefficient (Wildman–Crippen LogP) is 1.68. The number of nitrogens with one attached hydrogen (secondary N) is 2. The molecule has 0 saturated carbocycles. The average molecular weight is 246 g/mol. The second kappa shape index (κ2) is 6.52. The van der Waals surface area contributed by atoms with Crippen LogP contribution in [0.4, 0.5) is 0 Å². The Morgan fingerprint density at radius 3 is 3.17 bits per heavy atom. The van der Waals surface area contributed by atoms with Crippen molar-refractivity contribution >= 4 is 11.0 Å². The normalized spacial score (nSPS) is 13.0. The Kier molecular flexibility index (Phi) is 4.73. The fourth-order valence-electron chi connectivity index (χ4n) is 2.11. The Hall–Kier alpha value is -1.39. The zero-order chi connectivity index (χ0) is 12.8. The molecule has 4 heteroatoms. The van der Waals surface area contributed by atoms with Gasteiger partial charge in [0.1, 0.15) is 0 Å². The van der Waals surface area contributed by atoms with E-state index in [0.717, 1.165) is 43.5 Å². The molecule has 1 heterocycles. The van der Waals surface area contributed by atoms with Crippen LogP contribution in [0.15, 0.2) is 24.5 Å². The molecule has 0 aliphatic heterocycles. The minimum Gasteiger partial charge on any atom is -0.345 e. The average Bonchev–Trinajstić information content (AvgIpc) is 2.82. The monoisotopic (exact) mass is 246 g/mol. The van der Waals surface area contributed by atoms with E-state index in [1.807, 2.05) is 0 Å². The highest BCUT2D eigenvalue weighted by Crippen LogP contribution is 2.11. The Morgan fingerprint density at radius 1 is 1.44 bits per heavy atom. The molecule has 0 saturated heterocycles. The molecule has 18 heavy (non-hydrogen) atoms. The lowest BCUT2D eigenvalue weighted by atomic mass is 10.1. The number of rotatable bonds is 7. The lowest BCUT2D eigenvalue weighted by Crippen LogP contribution is -2.24. The van der Waals surface area contributed by atoms with Gasteiger partial charge in [-0.3, -0.25) is 0 Å². The molecule has 1 aromatic carbocycles. The van der Waals surface area contributed by atoms with Gasteiger partial charge in [0.05, 0.1) is 17.4 Å². The smallest absolute Gasteiger partial charge is 0.0931 e. The van der Waals surface area contributed by atoms with Crippen LogP contribution in [0, 0.1) is 5.92 Å². The van der Waals surface area contributed by atoms with Crippen LogP contribution < -0.4 is 11.1 Å². The van der Waals surface area contributed by atoms with Gasteiger partial charge in [-0.05, 0) is 56.1 Å². The van der Waals surface area contributed by atoms with Crippen LogP contribution in [0.5, 0.6) is 0 Å². The van der Waals surface area contributed by atoms with Crippen LogP contribution >= 0.6 is 0 Å². The Labute approximate surface area is 108 Å². The Morgan fingerprint density at radius 2 is 2.33 bits per heavy atom. The number of imidazole rings is 1. The zero-order valence-electron chi connectivity index (χ0n) is 10.9. The summed E-state index contributed by atoms with van der Waals surface area (Å²) in [6.07, 6.45) is 3.87. The number of hydrogen-bond acceptors (Lipinski definition) is 3. The SMILES string of the molecule is CC(CCN)CNCCc1ccc2nc[nH]c2c1. The van der Waals surface area contributed by atoms with E-state index in [-0.39, 0.29) is 0 Å². The highest BCUT2D eigenvalue weighted by molar-refractivity contribution is 5.74. The topological polar surface area (TPSA) is 66.7 Å². The second-order valence-electron chi connectivity index (χ2n) is 4.89. The summed E-state index contributed by atoms with van der Waals surface area (Å²) in [5.41, 5.74) is 9.01. The molecule has 0 amide bonds. The van der Waals surface area contributed by atoms with Gasteiger partial charge in [-0.2, -0.15) is 0 Å². The molecule has 0 fully saturated rings. The van der Waals surface area contributed by atoms with E-state index in [0.29, 0.717) is 5.92 Å². The summed E-state index contributed by atoms with van der Waals surface area (Å²) in [5, 5.41) is 3.48. The summed E-state index contributed by atoms with van der Waals surface area (Å²) in [6.45, 7) is 5.06. The van der Waals surface area contributed by atoms with Crippen LogP contribution in [-0.4, -0.2) is 29.6 Å². The van der Waals surface area contributed by atoms with Gasteiger partial charge in [-0.15, -0.1) is 0 Å². The van der Waals surface area contributed by atoms with Gasteiger partial charge in [0.15, 0.2) is 0 Å². The van der Waals surface area contributed by atoms with Gasteiger partial charge in [0.2, 0.25) is 0 Å².